The number of carbonyl (C=O) groups is 1. The fourth-order valence-corrected chi connectivity index (χ4v) is 4.16. The molecule has 0 bridgehead atoms. The van der Waals surface area contributed by atoms with Gasteiger partial charge in [-0.2, -0.15) is 8.78 Å². The first-order valence-corrected chi connectivity index (χ1v) is 9.28. The summed E-state index contributed by atoms with van der Waals surface area (Å²) in [6.07, 6.45) is 3.06. The molecule has 2 aliphatic heterocycles. The van der Waals surface area contributed by atoms with Gasteiger partial charge in [0.05, 0.1) is 12.0 Å². The molecule has 0 aromatic rings. The van der Waals surface area contributed by atoms with Gasteiger partial charge < -0.3 is 24.4 Å². The largest absolute Gasteiger partial charge is 0.488 e. The minimum Gasteiger partial charge on any atom is -0.488 e. The predicted molar refractivity (Wildman–Crippen MR) is 86.5 cm³/mol. The molecule has 148 valence electrons. The van der Waals surface area contributed by atoms with Crippen molar-refractivity contribution in [1.29, 1.82) is 0 Å². The average Bonchev–Trinajstić information content (AvgIpc) is 3.06. The molecule has 5 atom stereocenters. The molecule has 0 spiro atoms. The van der Waals surface area contributed by atoms with Crippen molar-refractivity contribution in [3.05, 3.63) is 11.8 Å². The van der Waals surface area contributed by atoms with Gasteiger partial charge in [-0.15, -0.1) is 0 Å². The van der Waals surface area contributed by atoms with Crippen LogP contribution in [0.3, 0.4) is 0 Å². The number of ether oxygens (including phenoxy) is 3. The Morgan fingerprint density at radius 3 is 2.85 bits per heavy atom. The van der Waals surface area contributed by atoms with Crippen LogP contribution in [-0.4, -0.2) is 53.8 Å². The average molecular weight is 376 g/mol. The molecule has 8 heteroatoms. The van der Waals surface area contributed by atoms with Gasteiger partial charge >= 0.3 is 11.9 Å². The lowest BCUT2D eigenvalue weighted by Gasteiger charge is -2.30. The molecule has 2 saturated heterocycles. The maximum absolute atomic E-state index is 14.8. The highest BCUT2D eigenvalue weighted by Crippen LogP contribution is 2.54. The normalized spacial score (nSPS) is 37.5. The third-order valence-electron chi connectivity index (χ3n) is 5.43. The second-order valence-electron chi connectivity index (χ2n) is 7.21. The minimum atomic E-state index is -3.19. The summed E-state index contributed by atoms with van der Waals surface area (Å²) >= 11 is 0. The molecule has 0 amide bonds. The Labute approximate surface area is 151 Å². The van der Waals surface area contributed by atoms with E-state index in [1.54, 1.807) is 0 Å². The fraction of sp³-hybridized carbons (Fsp3) is 0.833. The van der Waals surface area contributed by atoms with E-state index in [9.17, 15) is 18.7 Å². The van der Waals surface area contributed by atoms with Gasteiger partial charge in [0.25, 0.3) is 0 Å². The van der Waals surface area contributed by atoms with Crippen molar-refractivity contribution in [3.63, 3.8) is 0 Å². The van der Waals surface area contributed by atoms with Crippen LogP contribution in [0.4, 0.5) is 8.78 Å². The number of fused-ring (bicyclic) bond motifs is 1. The van der Waals surface area contributed by atoms with Gasteiger partial charge in [0, 0.05) is 32.0 Å². The summed E-state index contributed by atoms with van der Waals surface area (Å²) in [6, 6.07) is 0. The van der Waals surface area contributed by atoms with E-state index in [4.69, 9.17) is 19.3 Å². The van der Waals surface area contributed by atoms with E-state index in [0.29, 0.717) is 6.61 Å². The van der Waals surface area contributed by atoms with Crippen molar-refractivity contribution in [1.82, 2.24) is 0 Å². The standard InChI is InChI=1S/C18H26F2O6/c19-18(20)14(5-1-2-6-15(22)23)25-13-9-12(11(10-21)17(13)18)26-16-7-3-4-8-24-16/h5,11-13,16-17,21H,1-4,6-10H2,(H,22,23)/t11-,12-,13+,16?,17-/m1/s1. The van der Waals surface area contributed by atoms with Crippen molar-refractivity contribution in [2.24, 2.45) is 11.8 Å². The maximum atomic E-state index is 14.8. The van der Waals surface area contributed by atoms with Gasteiger partial charge in [0.15, 0.2) is 12.0 Å². The van der Waals surface area contributed by atoms with Crippen molar-refractivity contribution in [2.45, 2.75) is 69.4 Å². The van der Waals surface area contributed by atoms with Crippen LogP contribution in [0.15, 0.2) is 11.8 Å². The SMILES string of the molecule is O=C(O)CCCC=C1O[C@H]2C[C@@H](OC3CCCCO3)[C@@H](CO)[C@H]2C1(F)F. The van der Waals surface area contributed by atoms with Crippen LogP contribution in [0.25, 0.3) is 0 Å². The number of hydrogen-bond donors (Lipinski definition) is 2. The predicted octanol–water partition coefficient (Wildman–Crippen LogP) is 2.70. The molecular weight excluding hydrogens is 350 g/mol. The number of aliphatic hydroxyl groups is 1. The lowest BCUT2D eigenvalue weighted by atomic mass is 9.89. The molecule has 0 radical (unpaired) electrons. The Kier molecular flexibility index (Phi) is 6.14. The number of carboxylic acids is 1. The molecule has 2 heterocycles. The summed E-state index contributed by atoms with van der Waals surface area (Å²) in [5.74, 6) is -6.39. The Hall–Kier alpha value is -1.25. The zero-order valence-electron chi connectivity index (χ0n) is 14.6. The number of aliphatic hydroxyl groups excluding tert-OH is 1. The molecule has 3 aliphatic rings. The van der Waals surface area contributed by atoms with E-state index in [-0.39, 0.29) is 25.7 Å². The van der Waals surface area contributed by atoms with Crippen molar-refractivity contribution < 1.29 is 38.0 Å². The van der Waals surface area contributed by atoms with Crippen LogP contribution >= 0.6 is 0 Å². The van der Waals surface area contributed by atoms with Gasteiger partial charge in [-0.25, -0.2) is 0 Å². The van der Waals surface area contributed by atoms with Gasteiger partial charge in [0.1, 0.15) is 6.10 Å². The molecule has 1 saturated carbocycles. The van der Waals surface area contributed by atoms with E-state index < -0.39 is 54.6 Å². The maximum Gasteiger partial charge on any atom is 0.310 e. The number of halogens is 2. The number of hydrogen-bond acceptors (Lipinski definition) is 5. The molecule has 0 aromatic heterocycles. The lowest BCUT2D eigenvalue weighted by molar-refractivity contribution is -0.202. The summed E-state index contributed by atoms with van der Waals surface area (Å²) in [7, 11) is 0. The monoisotopic (exact) mass is 376 g/mol. The molecule has 2 N–H and O–H groups in total. The number of unbranched alkanes of at least 4 members (excludes halogenated alkanes) is 1. The van der Waals surface area contributed by atoms with Crippen LogP contribution in [0, 0.1) is 11.8 Å². The van der Waals surface area contributed by atoms with E-state index in [1.807, 2.05) is 0 Å². The third kappa shape index (κ3) is 4.02. The van der Waals surface area contributed by atoms with Crippen LogP contribution in [-0.2, 0) is 19.0 Å². The number of rotatable bonds is 7. The van der Waals surface area contributed by atoms with E-state index in [1.165, 1.54) is 6.08 Å². The zero-order valence-corrected chi connectivity index (χ0v) is 14.6. The molecule has 1 unspecified atom stereocenters. The molecular formula is C18H26F2O6. The van der Waals surface area contributed by atoms with Gasteiger partial charge in [-0.05, 0) is 38.2 Å². The lowest BCUT2D eigenvalue weighted by Crippen LogP contribution is -2.38. The summed E-state index contributed by atoms with van der Waals surface area (Å²) in [6.45, 7) is 0.202. The topological polar surface area (TPSA) is 85.2 Å². The van der Waals surface area contributed by atoms with E-state index in [0.717, 1.165) is 19.3 Å². The second-order valence-corrected chi connectivity index (χ2v) is 7.21. The summed E-state index contributed by atoms with van der Waals surface area (Å²) in [5, 5.41) is 18.3. The van der Waals surface area contributed by atoms with E-state index >= 15 is 0 Å². The minimum absolute atomic E-state index is 0.0707. The van der Waals surface area contributed by atoms with Crippen LogP contribution in [0.2, 0.25) is 0 Å². The third-order valence-corrected chi connectivity index (χ3v) is 5.43. The van der Waals surface area contributed by atoms with Gasteiger partial charge in [-0.3, -0.25) is 4.79 Å². The Balaban J connectivity index is 1.63. The first kappa shape index (κ1) is 19.5. The smallest absolute Gasteiger partial charge is 0.310 e. The Morgan fingerprint density at radius 2 is 2.19 bits per heavy atom. The number of aliphatic carboxylic acids is 1. The molecule has 3 fully saturated rings. The highest BCUT2D eigenvalue weighted by atomic mass is 19.3. The van der Waals surface area contributed by atoms with Crippen molar-refractivity contribution in [3.8, 4) is 0 Å². The van der Waals surface area contributed by atoms with Gasteiger partial charge in [0.2, 0.25) is 0 Å². The Morgan fingerprint density at radius 1 is 1.38 bits per heavy atom. The first-order valence-electron chi connectivity index (χ1n) is 9.28. The summed E-state index contributed by atoms with van der Waals surface area (Å²) < 4.78 is 46.5. The van der Waals surface area contributed by atoms with E-state index in [2.05, 4.69) is 0 Å². The highest BCUT2D eigenvalue weighted by Gasteiger charge is 2.64. The summed E-state index contributed by atoms with van der Waals surface area (Å²) in [5.41, 5.74) is 0. The number of carboxylic acid groups (broad SMARTS) is 1. The van der Waals surface area contributed by atoms with Crippen molar-refractivity contribution >= 4 is 5.97 Å². The second kappa shape index (κ2) is 8.19. The van der Waals surface area contributed by atoms with Crippen LogP contribution < -0.4 is 0 Å². The summed E-state index contributed by atoms with van der Waals surface area (Å²) in [4.78, 5) is 10.5. The quantitative estimate of drug-likeness (QED) is 0.665. The number of alkyl halides is 2. The highest BCUT2D eigenvalue weighted by molar-refractivity contribution is 5.66. The zero-order chi connectivity index (χ0) is 18.7. The molecule has 0 aromatic carbocycles. The Bertz CT molecular complexity index is 532. The van der Waals surface area contributed by atoms with Gasteiger partial charge in [-0.1, -0.05) is 0 Å². The fourth-order valence-electron chi connectivity index (χ4n) is 4.16. The molecule has 3 rings (SSSR count). The molecule has 6 nitrogen and oxygen atoms in total. The van der Waals surface area contributed by atoms with Crippen LogP contribution in [0.5, 0.6) is 0 Å². The van der Waals surface area contributed by atoms with Crippen LogP contribution in [0.1, 0.15) is 44.9 Å². The molecule has 1 aliphatic carbocycles. The first-order chi connectivity index (χ1) is 12.4. The van der Waals surface area contributed by atoms with Crippen molar-refractivity contribution in [2.75, 3.05) is 13.2 Å². The number of allylic oxidation sites excluding steroid dienone is 2. The molecule has 26 heavy (non-hydrogen) atoms.